The van der Waals surface area contributed by atoms with Gasteiger partial charge in [-0.3, -0.25) is 14.5 Å². The second-order valence-electron chi connectivity index (χ2n) is 5.34. The van der Waals surface area contributed by atoms with Crippen molar-refractivity contribution >= 4 is 23.2 Å². The maximum absolute atomic E-state index is 12.0. The molecule has 0 N–H and O–H groups in total. The number of rotatable bonds is 5. The monoisotopic (exact) mass is 310 g/mol. The van der Waals surface area contributed by atoms with Crippen LogP contribution in [0.3, 0.4) is 0 Å². The molecule has 0 saturated carbocycles. The summed E-state index contributed by atoms with van der Waals surface area (Å²) < 4.78 is 4.57. The Morgan fingerprint density at radius 1 is 1.52 bits per heavy atom. The van der Waals surface area contributed by atoms with Gasteiger partial charge in [0.05, 0.1) is 7.11 Å². The number of hydrogen-bond acceptors (Lipinski definition) is 5. The Balaban J connectivity index is 1.83. The van der Waals surface area contributed by atoms with E-state index in [-0.39, 0.29) is 18.4 Å². The molecular weight excluding hydrogens is 288 g/mol. The van der Waals surface area contributed by atoms with E-state index in [1.165, 1.54) is 22.5 Å². The second kappa shape index (κ2) is 7.04. The molecule has 0 fully saturated rings. The molecule has 5 nitrogen and oxygen atoms in total. The number of hydrogen-bond donors (Lipinski definition) is 0. The summed E-state index contributed by atoms with van der Waals surface area (Å²) in [6.45, 7) is 3.91. The molecule has 1 atom stereocenters. The van der Waals surface area contributed by atoms with E-state index in [0.717, 1.165) is 19.5 Å². The number of nitrogens with zero attached hydrogens (tertiary/aromatic N) is 2. The Labute approximate surface area is 129 Å². The number of fused-ring (bicyclic) bond motifs is 1. The van der Waals surface area contributed by atoms with E-state index in [1.807, 2.05) is 11.3 Å². The number of ether oxygens (including phenoxy) is 1. The van der Waals surface area contributed by atoms with Gasteiger partial charge in [-0.1, -0.05) is 0 Å². The zero-order valence-electron chi connectivity index (χ0n) is 12.8. The van der Waals surface area contributed by atoms with Gasteiger partial charge in [-0.05, 0) is 30.4 Å². The van der Waals surface area contributed by atoms with Crippen molar-refractivity contribution in [2.24, 2.45) is 0 Å². The van der Waals surface area contributed by atoms with Gasteiger partial charge in [0.2, 0.25) is 5.91 Å². The maximum atomic E-state index is 12.0. The van der Waals surface area contributed by atoms with Gasteiger partial charge in [-0.2, -0.15) is 0 Å². The number of thiophene rings is 1. The van der Waals surface area contributed by atoms with Gasteiger partial charge < -0.3 is 9.64 Å². The molecule has 0 saturated heterocycles. The highest BCUT2D eigenvalue weighted by Crippen LogP contribution is 2.32. The Bertz CT molecular complexity index is 515. The van der Waals surface area contributed by atoms with E-state index in [9.17, 15) is 9.59 Å². The fraction of sp³-hybridized carbons (Fsp3) is 0.600. The third kappa shape index (κ3) is 3.83. The molecule has 21 heavy (non-hydrogen) atoms. The van der Waals surface area contributed by atoms with Crippen LogP contribution in [0, 0.1) is 0 Å². The standard InChI is InChI=1S/C15H22N2O3S/c1-11-12-6-9-21-13(12)4-7-17(11)8-5-14(18)16(2)10-15(19)20-3/h6,9,11H,4-5,7-8,10H2,1-3H3/t11-/m0/s1. The van der Waals surface area contributed by atoms with Crippen LogP contribution in [0.4, 0.5) is 0 Å². The van der Waals surface area contributed by atoms with Gasteiger partial charge in [-0.15, -0.1) is 11.3 Å². The highest BCUT2D eigenvalue weighted by atomic mass is 32.1. The van der Waals surface area contributed by atoms with E-state index in [0.29, 0.717) is 12.5 Å². The van der Waals surface area contributed by atoms with Crippen molar-refractivity contribution < 1.29 is 14.3 Å². The van der Waals surface area contributed by atoms with Crippen LogP contribution in [-0.4, -0.2) is 55.5 Å². The topological polar surface area (TPSA) is 49.9 Å². The first-order valence-corrected chi connectivity index (χ1v) is 8.02. The Morgan fingerprint density at radius 3 is 3.00 bits per heavy atom. The normalized spacial score (nSPS) is 18.1. The molecule has 2 heterocycles. The van der Waals surface area contributed by atoms with Gasteiger partial charge in [-0.25, -0.2) is 0 Å². The minimum Gasteiger partial charge on any atom is -0.468 e. The van der Waals surface area contributed by atoms with Crippen molar-refractivity contribution in [1.29, 1.82) is 0 Å². The van der Waals surface area contributed by atoms with Crippen molar-refractivity contribution in [3.8, 4) is 0 Å². The fourth-order valence-corrected chi connectivity index (χ4v) is 3.61. The second-order valence-corrected chi connectivity index (χ2v) is 6.34. The lowest BCUT2D eigenvalue weighted by molar-refractivity contribution is -0.146. The minimum absolute atomic E-state index is 0.0135. The van der Waals surface area contributed by atoms with Crippen LogP contribution in [0.1, 0.15) is 29.8 Å². The number of methoxy groups -OCH3 is 1. The first-order chi connectivity index (χ1) is 10.0. The summed E-state index contributed by atoms with van der Waals surface area (Å²) in [5, 5.41) is 2.14. The average Bonchev–Trinajstić information content (AvgIpc) is 2.95. The van der Waals surface area contributed by atoms with Crippen molar-refractivity contribution in [1.82, 2.24) is 9.80 Å². The highest BCUT2D eigenvalue weighted by Gasteiger charge is 2.25. The van der Waals surface area contributed by atoms with Gasteiger partial charge in [0.15, 0.2) is 0 Å². The third-order valence-electron chi connectivity index (χ3n) is 4.04. The van der Waals surface area contributed by atoms with E-state index in [4.69, 9.17) is 0 Å². The average molecular weight is 310 g/mol. The molecule has 0 radical (unpaired) electrons. The summed E-state index contributed by atoms with van der Waals surface area (Å²) >= 11 is 1.82. The molecule has 0 unspecified atom stereocenters. The Hall–Kier alpha value is -1.40. The van der Waals surface area contributed by atoms with E-state index >= 15 is 0 Å². The smallest absolute Gasteiger partial charge is 0.325 e. The number of esters is 1. The van der Waals surface area contributed by atoms with E-state index in [2.05, 4.69) is 28.0 Å². The van der Waals surface area contributed by atoms with E-state index < -0.39 is 0 Å². The quantitative estimate of drug-likeness (QED) is 0.777. The van der Waals surface area contributed by atoms with Gasteiger partial charge in [0.25, 0.3) is 0 Å². The van der Waals surface area contributed by atoms with Crippen molar-refractivity contribution in [3.05, 3.63) is 21.9 Å². The molecule has 1 aromatic heterocycles. The zero-order valence-corrected chi connectivity index (χ0v) is 13.6. The fourth-order valence-electron chi connectivity index (χ4n) is 2.64. The van der Waals surface area contributed by atoms with Crippen molar-refractivity contribution in [3.63, 3.8) is 0 Å². The largest absolute Gasteiger partial charge is 0.468 e. The van der Waals surface area contributed by atoms with Crippen molar-refractivity contribution in [2.45, 2.75) is 25.8 Å². The van der Waals surface area contributed by atoms with Crippen LogP contribution < -0.4 is 0 Å². The molecule has 6 heteroatoms. The van der Waals surface area contributed by atoms with Crippen LogP contribution in [0.15, 0.2) is 11.4 Å². The number of amides is 1. The zero-order chi connectivity index (χ0) is 15.4. The summed E-state index contributed by atoms with van der Waals surface area (Å²) in [5.41, 5.74) is 1.39. The SMILES string of the molecule is COC(=O)CN(C)C(=O)CCN1CCc2sccc2[C@@H]1C. The molecule has 1 aromatic rings. The van der Waals surface area contributed by atoms with Gasteiger partial charge in [0.1, 0.15) is 6.54 Å². The summed E-state index contributed by atoms with van der Waals surface area (Å²) in [6.07, 6.45) is 1.49. The molecule has 0 aromatic carbocycles. The summed E-state index contributed by atoms with van der Waals surface area (Å²) in [7, 11) is 2.96. The lowest BCUT2D eigenvalue weighted by atomic mass is 10.0. The predicted molar refractivity (Wildman–Crippen MR) is 82.3 cm³/mol. The lowest BCUT2D eigenvalue weighted by Gasteiger charge is -2.33. The van der Waals surface area contributed by atoms with Crippen LogP contribution in [0.25, 0.3) is 0 Å². The summed E-state index contributed by atoms with van der Waals surface area (Å²) in [6, 6.07) is 2.54. The third-order valence-corrected chi connectivity index (χ3v) is 5.03. The van der Waals surface area contributed by atoms with Crippen molar-refractivity contribution in [2.75, 3.05) is 33.8 Å². The molecule has 1 aliphatic rings. The molecule has 116 valence electrons. The summed E-state index contributed by atoms with van der Waals surface area (Å²) in [4.78, 5) is 28.4. The van der Waals surface area contributed by atoms with Crippen LogP contribution >= 0.6 is 11.3 Å². The van der Waals surface area contributed by atoms with Gasteiger partial charge >= 0.3 is 5.97 Å². The minimum atomic E-state index is -0.389. The van der Waals surface area contributed by atoms with Crippen LogP contribution in [-0.2, 0) is 20.7 Å². The van der Waals surface area contributed by atoms with Crippen LogP contribution in [0.2, 0.25) is 0 Å². The molecule has 1 aliphatic heterocycles. The van der Waals surface area contributed by atoms with E-state index in [1.54, 1.807) is 7.05 Å². The Morgan fingerprint density at radius 2 is 2.29 bits per heavy atom. The molecule has 0 aliphatic carbocycles. The molecule has 1 amide bonds. The molecule has 2 rings (SSSR count). The number of carbonyl (C=O) groups is 2. The summed E-state index contributed by atoms with van der Waals surface area (Å²) in [5.74, 6) is -0.413. The van der Waals surface area contributed by atoms with Gasteiger partial charge in [0, 0.05) is 37.5 Å². The molecule has 0 bridgehead atoms. The first-order valence-electron chi connectivity index (χ1n) is 7.14. The highest BCUT2D eigenvalue weighted by molar-refractivity contribution is 7.10. The maximum Gasteiger partial charge on any atom is 0.325 e. The number of likely N-dealkylation sites (N-methyl/N-ethyl adjacent to an activating group) is 1. The van der Waals surface area contributed by atoms with Crippen LogP contribution in [0.5, 0.6) is 0 Å². The lowest BCUT2D eigenvalue weighted by Crippen LogP contribution is -2.38. The Kier molecular flexibility index (Phi) is 5.36. The first kappa shape index (κ1) is 16.0. The number of carbonyl (C=O) groups excluding carboxylic acids is 2. The molecular formula is C15H22N2O3S. The predicted octanol–water partition coefficient (Wildman–Crippen LogP) is 1.69. The molecule has 0 spiro atoms.